The number of imide groups is 1. The van der Waals surface area contributed by atoms with Gasteiger partial charge in [-0.2, -0.15) is 5.01 Å². The van der Waals surface area contributed by atoms with Crippen LogP contribution in [0.3, 0.4) is 0 Å². The summed E-state index contributed by atoms with van der Waals surface area (Å²) >= 11 is 11.8. The molecule has 0 radical (unpaired) electrons. The lowest BCUT2D eigenvalue weighted by Crippen LogP contribution is -2.45. The molecule has 0 aliphatic carbocycles. The Hall–Kier alpha value is -2.57. The molecule has 0 unspecified atom stereocenters. The molecule has 0 fully saturated rings. The van der Waals surface area contributed by atoms with Crippen LogP contribution in [0.25, 0.3) is 0 Å². The van der Waals surface area contributed by atoms with Crippen LogP contribution in [0.15, 0.2) is 42.5 Å². The maximum atomic E-state index is 12.2. The Morgan fingerprint density at radius 2 is 1.69 bits per heavy atom. The van der Waals surface area contributed by atoms with E-state index >= 15 is 0 Å². The molecule has 0 spiro atoms. The topological polar surface area (TPSA) is 75.7 Å². The number of rotatable bonds is 6. The van der Waals surface area contributed by atoms with Gasteiger partial charge >= 0.3 is 0 Å². The molecule has 0 saturated heterocycles. The fourth-order valence-corrected chi connectivity index (χ4v) is 2.94. The number of amides is 3. The van der Waals surface area contributed by atoms with E-state index < -0.39 is 17.7 Å². The van der Waals surface area contributed by atoms with Crippen molar-refractivity contribution in [3.63, 3.8) is 0 Å². The van der Waals surface area contributed by atoms with Crippen molar-refractivity contribution in [2.24, 2.45) is 0 Å². The van der Waals surface area contributed by atoms with Gasteiger partial charge in [0.15, 0.2) is 0 Å². The van der Waals surface area contributed by atoms with Crippen LogP contribution in [-0.2, 0) is 4.79 Å². The molecule has 1 heterocycles. The van der Waals surface area contributed by atoms with Crippen LogP contribution in [0.2, 0.25) is 10.0 Å². The first-order chi connectivity index (χ1) is 12.5. The SMILES string of the molecule is O=C(CCCOc1ccc(Cl)cc1Cl)NN1C(=O)c2ccccc2C1=O. The normalized spacial score (nSPS) is 12.9. The highest BCUT2D eigenvalue weighted by atomic mass is 35.5. The van der Waals surface area contributed by atoms with E-state index in [2.05, 4.69) is 5.43 Å². The quantitative estimate of drug-likeness (QED) is 0.602. The van der Waals surface area contributed by atoms with Crippen LogP contribution in [-0.4, -0.2) is 29.3 Å². The van der Waals surface area contributed by atoms with Crippen molar-refractivity contribution in [2.45, 2.75) is 12.8 Å². The van der Waals surface area contributed by atoms with E-state index in [4.69, 9.17) is 27.9 Å². The summed E-state index contributed by atoms with van der Waals surface area (Å²) in [5, 5.41) is 1.62. The first-order valence-electron chi connectivity index (χ1n) is 7.82. The maximum Gasteiger partial charge on any atom is 0.280 e. The van der Waals surface area contributed by atoms with Gasteiger partial charge in [0.2, 0.25) is 5.91 Å². The van der Waals surface area contributed by atoms with Crippen LogP contribution in [0, 0.1) is 0 Å². The second-order valence-electron chi connectivity index (χ2n) is 5.55. The molecule has 8 heteroatoms. The number of fused-ring (bicyclic) bond motifs is 1. The van der Waals surface area contributed by atoms with E-state index in [1.54, 1.807) is 42.5 Å². The van der Waals surface area contributed by atoms with Crippen LogP contribution in [0.1, 0.15) is 33.6 Å². The zero-order valence-electron chi connectivity index (χ0n) is 13.5. The molecular weight excluding hydrogens is 379 g/mol. The van der Waals surface area contributed by atoms with Crippen molar-refractivity contribution in [2.75, 3.05) is 6.61 Å². The molecule has 26 heavy (non-hydrogen) atoms. The molecule has 2 aromatic rings. The molecule has 3 rings (SSSR count). The Morgan fingerprint density at radius 3 is 2.31 bits per heavy atom. The van der Waals surface area contributed by atoms with Crippen LogP contribution in [0.5, 0.6) is 5.75 Å². The lowest BCUT2D eigenvalue weighted by atomic mass is 10.1. The molecular formula is C18H14Cl2N2O4. The lowest BCUT2D eigenvalue weighted by molar-refractivity contribution is -0.124. The molecule has 134 valence electrons. The van der Waals surface area contributed by atoms with E-state index in [1.165, 1.54) is 0 Å². The van der Waals surface area contributed by atoms with Crippen molar-refractivity contribution in [3.8, 4) is 5.75 Å². The average molecular weight is 393 g/mol. The van der Waals surface area contributed by atoms with Gasteiger partial charge in [0.05, 0.1) is 22.8 Å². The summed E-state index contributed by atoms with van der Waals surface area (Å²) in [7, 11) is 0. The van der Waals surface area contributed by atoms with Gasteiger partial charge in [0.25, 0.3) is 11.8 Å². The van der Waals surface area contributed by atoms with Gasteiger partial charge in [-0.25, -0.2) is 0 Å². The van der Waals surface area contributed by atoms with Gasteiger partial charge in [0, 0.05) is 11.4 Å². The number of hydrogen-bond acceptors (Lipinski definition) is 4. The monoisotopic (exact) mass is 392 g/mol. The zero-order valence-corrected chi connectivity index (χ0v) is 15.0. The summed E-state index contributed by atoms with van der Waals surface area (Å²) in [5.74, 6) is -1.06. The van der Waals surface area contributed by atoms with Crippen LogP contribution < -0.4 is 10.2 Å². The molecule has 2 aromatic carbocycles. The number of carbonyl (C=O) groups is 3. The Bertz CT molecular complexity index is 850. The van der Waals surface area contributed by atoms with Crippen LogP contribution in [0.4, 0.5) is 0 Å². The lowest BCUT2D eigenvalue weighted by Gasteiger charge is -2.15. The first-order valence-corrected chi connectivity index (χ1v) is 8.58. The standard InChI is InChI=1S/C18H14Cl2N2O4/c19-11-7-8-15(14(20)10-11)26-9-3-6-16(23)21-22-17(24)12-4-1-2-5-13(12)18(22)25/h1-2,4-5,7-8,10H,3,6,9H2,(H,21,23). The number of carbonyl (C=O) groups excluding carboxylic acids is 3. The minimum absolute atomic E-state index is 0.0820. The third-order valence-corrected chi connectivity index (χ3v) is 4.26. The van der Waals surface area contributed by atoms with Crippen molar-refractivity contribution < 1.29 is 19.1 Å². The Balaban J connectivity index is 1.48. The van der Waals surface area contributed by atoms with E-state index in [9.17, 15) is 14.4 Å². The van der Waals surface area contributed by atoms with Gasteiger partial charge < -0.3 is 4.74 Å². The highest BCUT2D eigenvalue weighted by Gasteiger charge is 2.36. The van der Waals surface area contributed by atoms with Crippen molar-refractivity contribution in [1.82, 2.24) is 10.4 Å². The minimum atomic E-state index is -0.539. The summed E-state index contributed by atoms with van der Waals surface area (Å²) < 4.78 is 5.49. The predicted molar refractivity (Wildman–Crippen MR) is 96.3 cm³/mol. The fraction of sp³-hybridized carbons (Fsp3) is 0.167. The summed E-state index contributed by atoms with van der Waals surface area (Å²) in [4.78, 5) is 36.3. The largest absolute Gasteiger partial charge is 0.492 e. The molecule has 3 amide bonds. The third-order valence-electron chi connectivity index (χ3n) is 3.73. The van der Waals surface area contributed by atoms with E-state index in [0.29, 0.717) is 22.2 Å². The van der Waals surface area contributed by atoms with E-state index in [-0.39, 0.29) is 24.2 Å². The zero-order chi connectivity index (χ0) is 18.7. The van der Waals surface area contributed by atoms with Crippen LogP contribution >= 0.6 is 23.2 Å². The molecule has 6 nitrogen and oxygen atoms in total. The van der Waals surface area contributed by atoms with E-state index in [1.807, 2.05) is 0 Å². The fourth-order valence-electron chi connectivity index (χ4n) is 2.48. The Morgan fingerprint density at radius 1 is 1.04 bits per heavy atom. The summed E-state index contributed by atoms with van der Waals surface area (Å²) in [6.45, 7) is 0.247. The number of ether oxygens (including phenoxy) is 1. The maximum absolute atomic E-state index is 12.2. The summed E-state index contributed by atoms with van der Waals surface area (Å²) in [5.41, 5.74) is 2.89. The molecule has 0 bridgehead atoms. The molecule has 1 N–H and O–H groups in total. The number of hydrazine groups is 1. The first kappa shape index (κ1) is 18.2. The Labute approximate surface area is 159 Å². The molecule has 0 atom stereocenters. The number of nitrogens with zero attached hydrogens (tertiary/aromatic N) is 1. The van der Waals surface area contributed by atoms with Crippen molar-refractivity contribution in [1.29, 1.82) is 0 Å². The molecule has 1 aliphatic rings. The number of hydrogen-bond donors (Lipinski definition) is 1. The van der Waals surface area contributed by atoms with Gasteiger partial charge in [-0.05, 0) is 36.8 Å². The molecule has 0 saturated carbocycles. The van der Waals surface area contributed by atoms with Gasteiger partial charge in [0.1, 0.15) is 5.75 Å². The highest BCUT2D eigenvalue weighted by Crippen LogP contribution is 2.27. The minimum Gasteiger partial charge on any atom is -0.492 e. The average Bonchev–Trinajstić information content (AvgIpc) is 2.85. The van der Waals surface area contributed by atoms with Crippen molar-refractivity contribution in [3.05, 3.63) is 63.6 Å². The number of halogens is 2. The van der Waals surface area contributed by atoms with Gasteiger partial charge in [-0.15, -0.1) is 0 Å². The summed E-state index contributed by atoms with van der Waals surface area (Å²) in [6, 6.07) is 11.3. The summed E-state index contributed by atoms with van der Waals surface area (Å²) in [6.07, 6.45) is 0.465. The number of benzene rings is 2. The Kier molecular flexibility index (Phi) is 5.44. The second-order valence-corrected chi connectivity index (χ2v) is 6.40. The molecule has 1 aliphatic heterocycles. The van der Waals surface area contributed by atoms with Crippen molar-refractivity contribution >= 4 is 40.9 Å². The second kappa shape index (κ2) is 7.76. The highest BCUT2D eigenvalue weighted by molar-refractivity contribution is 6.35. The smallest absolute Gasteiger partial charge is 0.280 e. The van der Waals surface area contributed by atoms with E-state index in [0.717, 1.165) is 5.01 Å². The molecule has 0 aromatic heterocycles. The third kappa shape index (κ3) is 3.81. The van der Waals surface area contributed by atoms with Gasteiger partial charge in [-0.3, -0.25) is 19.8 Å². The predicted octanol–water partition coefficient (Wildman–Crippen LogP) is 3.48. The number of nitrogens with one attached hydrogen (secondary N) is 1. The van der Waals surface area contributed by atoms with Gasteiger partial charge in [-0.1, -0.05) is 35.3 Å².